The van der Waals surface area contributed by atoms with Gasteiger partial charge in [-0.2, -0.15) is 0 Å². The van der Waals surface area contributed by atoms with Gasteiger partial charge in [-0.25, -0.2) is 8.42 Å². The molecule has 7 heteroatoms. The van der Waals surface area contributed by atoms with Gasteiger partial charge in [-0.3, -0.25) is 14.5 Å². The number of amides is 1. The van der Waals surface area contributed by atoms with Gasteiger partial charge in [0.25, 0.3) is 15.9 Å². The second kappa shape index (κ2) is 7.37. The summed E-state index contributed by atoms with van der Waals surface area (Å²) in [7, 11) is -3.70. The molecule has 2 N–H and O–H groups in total. The summed E-state index contributed by atoms with van der Waals surface area (Å²) in [6.45, 7) is 1.89. The number of benzene rings is 2. The van der Waals surface area contributed by atoms with E-state index >= 15 is 0 Å². The van der Waals surface area contributed by atoms with E-state index in [0.29, 0.717) is 11.4 Å². The van der Waals surface area contributed by atoms with Crippen molar-refractivity contribution >= 4 is 27.3 Å². The largest absolute Gasteiger partial charge is 0.321 e. The van der Waals surface area contributed by atoms with E-state index in [0.717, 1.165) is 5.56 Å². The molecule has 0 spiro atoms. The molecule has 3 aromatic rings. The molecule has 132 valence electrons. The van der Waals surface area contributed by atoms with Crippen LogP contribution in [0.5, 0.6) is 0 Å². The Hall–Kier alpha value is -3.19. The SMILES string of the molecule is Cc1ccc(S(=O)(=O)Nc2cccc(NC(=O)c3ccccn3)c2)cc1. The van der Waals surface area contributed by atoms with Crippen molar-refractivity contribution in [3.05, 3.63) is 84.2 Å². The van der Waals surface area contributed by atoms with Crippen LogP contribution < -0.4 is 10.0 Å². The third-order valence-corrected chi connectivity index (χ3v) is 5.00. The smallest absolute Gasteiger partial charge is 0.274 e. The average Bonchev–Trinajstić information content (AvgIpc) is 2.63. The number of carbonyl (C=O) groups excluding carboxylic acids is 1. The van der Waals surface area contributed by atoms with Gasteiger partial charge in [-0.15, -0.1) is 0 Å². The molecule has 0 aliphatic heterocycles. The average molecular weight is 367 g/mol. The fourth-order valence-corrected chi connectivity index (χ4v) is 3.33. The van der Waals surface area contributed by atoms with Crippen molar-refractivity contribution in [2.45, 2.75) is 11.8 Å². The predicted octanol–water partition coefficient (Wildman–Crippen LogP) is 3.44. The molecule has 1 heterocycles. The molecule has 0 aliphatic rings. The summed E-state index contributed by atoms with van der Waals surface area (Å²) in [5.41, 5.74) is 2.07. The Labute approximate surface area is 152 Å². The third-order valence-electron chi connectivity index (χ3n) is 3.60. The van der Waals surface area contributed by atoms with Crippen LogP contribution in [-0.4, -0.2) is 19.3 Å². The Morgan fingerprint density at radius 2 is 1.65 bits per heavy atom. The molecule has 0 atom stereocenters. The van der Waals surface area contributed by atoms with Crippen LogP contribution >= 0.6 is 0 Å². The lowest BCUT2D eigenvalue weighted by Crippen LogP contribution is -2.15. The number of pyridine rings is 1. The van der Waals surface area contributed by atoms with Crippen molar-refractivity contribution in [3.63, 3.8) is 0 Å². The van der Waals surface area contributed by atoms with Gasteiger partial charge < -0.3 is 5.32 Å². The van der Waals surface area contributed by atoms with Crippen molar-refractivity contribution < 1.29 is 13.2 Å². The molecule has 2 aromatic carbocycles. The van der Waals surface area contributed by atoms with E-state index in [9.17, 15) is 13.2 Å². The summed E-state index contributed by atoms with van der Waals surface area (Å²) in [5, 5.41) is 2.70. The van der Waals surface area contributed by atoms with E-state index in [1.54, 1.807) is 66.7 Å². The standard InChI is InChI=1S/C19H17N3O3S/c1-14-8-10-17(11-9-14)26(24,25)22-16-6-4-5-15(13-16)21-19(23)18-7-2-3-12-20-18/h2-13,22H,1H3,(H,21,23). The Bertz CT molecular complexity index is 1020. The summed E-state index contributed by atoms with van der Waals surface area (Å²) in [6, 6.07) is 18.1. The lowest BCUT2D eigenvalue weighted by atomic mass is 10.2. The molecule has 0 aliphatic carbocycles. The van der Waals surface area contributed by atoms with Gasteiger partial charge in [-0.05, 0) is 49.4 Å². The second-order valence-corrected chi connectivity index (χ2v) is 7.35. The first-order valence-electron chi connectivity index (χ1n) is 7.86. The van der Waals surface area contributed by atoms with Crippen LogP contribution in [-0.2, 0) is 10.0 Å². The van der Waals surface area contributed by atoms with Gasteiger partial charge in [0.2, 0.25) is 0 Å². The first-order valence-corrected chi connectivity index (χ1v) is 9.34. The summed E-state index contributed by atoms with van der Waals surface area (Å²) < 4.78 is 27.4. The monoisotopic (exact) mass is 367 g/mol. The van der Waals surface area contributed by atoms with Crippen molar-refractivity contribution in [2.24, 2.45) is 0 Å². The van der Waals surface area contributed by atoms with Gasteiger partial charge in [0.05, 0.1) is 10.6 Å². The van der Waals surface area contributed by atoms with Gasteiger partial charge in [0.1, 0.15) is 5.69 Å². The lowest BCUT2D eigenvalue weighted by Gasteiger charge is -2.10. The molecule has 0 unspecified atom stereocenters. The van der Waals surface area contributed by atoms with Gasteiger partial charge >= 0.3 is 0 Å². The van der Waals surface area contributed by atoms with Crippen molar-refractivity contribution in [3.8, 4) is 0 Å². The maximum absolute atomic E-state index is 12.5. The van der Waals surface area contributed by atoms with Gasteiger partial charge in [-0.1, -0.05) is 29.8 Å². The van der Waals surface area contributed by atoms with Crippen LogP contribution in [0.2, 0.25) is 0 Å². The number of hydrogen-bond donors (Lipinski definition) is 2. The molecule has 26 heavy (non-hydrogen) atoms. The van der Waals surface area contributed by atoms with E-state index in [-0.39, 0.29) is 16.5 Å². The summed E-state index contributed by atoms with van der Waals surface area (Å²) in [4.78, 5) is 16.3. The molecule has 0 radical (unpaired) electrons. The number of sulfonamides is 1. The predicted molar refractivity (Wildman–Crippen MR) is 101 cm³/mol. The number of aromatic nitrogens is 1. The molecule has 1 amide bonds. The minimum atomic E-state index is -3.70. The topological polar surface area (TPSA) is 88.2 Å². The zero-order valence-corrected chi connectivity index (χ0v) is 14.8. The minimum absolute atomic E-state index is 0.172. The molecule has 0 fully saturated rings. The maximum Gasteiger partial charge on any atom is 0.274 e. The number of nitrogens with one attached hydrogen (secondary N) is 2. The van der Waals surface area contributed by atoms with E-state index in [1.165, 1.54) is 6.20 Å². The fraction of sp³-hybridized carbons (Fsp3) is 0.0526. The first kappa shape index (κ1) is 17.6. The first-order chi connectivity index (χ1) is 12.4. The summed E-state index contributed by atoms with van der Waals surface area (Å²) >= 11 is 0. The molecule has 1 aromatic heterocycles. The Balaban J connectivity index is 1.77. The van der Waals surface area contributed by atoms with E-state index in [2.05, 4.69) is 15.0 Å². The molecular weight excluding hydrogens is 350 g/mol. The number of nitrogens with zero attached hydrogens (tertiary/aromatic N) is 1. The fourth-order valence-electron chi connectivity index (χ4n) is 2.28. The van der Waals surface area contributed by atoms with E-state index < -0.39 is 10.0 Å². The van der Waals surface area contributed by atoms with Crippen LogP contribution in [0.3, 0.4) is 0 Å². The quantitative estimate of drug-likeness (QED) is 0.723. The Morgan fingerprint density at radius 3 is 2.35 bits per heavy atom. The zero-order chi connectivity index (χ0) is 18.6. The minimum Gasteiger partial charge on any atom is -0.321 e. The summed E-state index contributed by atoms with van der Waals surface area (Å²) in [5.74, 6) is -0.371. The molecule has 0 bridgehead atoms. The van der Waals surface area contributed by atoms with Crippen LogP contribution in [0.25, 0.3) is 0 Å². The van der Waals surface area contributed by atoms with Crippen LogP contribution in [0.4, 0.5) is 11.4 Å². The van der Waals surface area contributed by atoms with Gasteiger partial charge in [0, 0.05) is 11.9 Å². The van der Waals surface area contributed by atoms with Crippen molar-refractivity contribution in [2.75, 3.05) is 10.0 Å². The lowest BCUT2D eigenvalue weighted by molar-refractivity contribution is 0.102. The third kappa shape index (κ3) is 4.25. The van der Waals surface area contributed by atoms with Crippen molar-refractivity contribution in [1.29, 1.82) is 0 Å². The highest BCUT2D eigenvalue weighted by Crippen LogP contribution is 2.20. The van der Waals surface area contributed by atoms with Crippen LogP contribution in [0, 0.1) is 6.92 Å². The highest BCUT2D eigenvalue weighted by Gasteiger charge is 2.14. The zero-order valence-electron chi connectivity index (χ0n) is 14.0. The summed E-state index contributed by atoms with van der Waals surface area (Å²) in [6.07, 6.45) is 1.53. The van der Waals surface area contributed by atoms with Crippen LogP contribution in [0.15, 0.2) is 77.8 Å². The molecule has 6 nitrogen and oxygen atoms in total. The Kier molecular flexibility index (Phi) is 4.99. The second-order valence-electron chi connectivity index (χ2n) is 5.67. The number of hydrogen-bond acceptors (Lipinski definition) is 4. The highest BCUT2D eigenvalue weighted by atomic mass is 32.2. The number of aryl methyl sites for hydroxylation is 1. The maximum atomic E-state index is 12.5. The number of carbonyl (C=O) groups is 1. The Morgan fingerprint density at radius 1 is 0.923 bits per heavy atom. The van der Waals surface area contributed by atoms with Crippen LogP contribution in [0.1, 0.15) is 16.1 Å². The van der Waals surface area contributed by atoms with E-state index in [1.807, 2.05) is 6.92 Å². The van der Waals surface area contributed by atoms with Crippen molar-refractivity contribution in [1.82, 2.24) is 4.98 Å². The highest BCUT2D eigenvalue weighted by molar-refractivity contribution is 7.92. The molecule has 0 saturated heterocycles. The number of rotatable bonds is 5. The number of anilines is 2. The molecule has 3 rings (SSSR count). The molecular formula is C19H17N3O3S. The molecule has 0 saturated carbocycles. The van der Waals surface area contributed by atoms with E-state index in [4.69, 9.17) is 0 Å². The normalized spacial score (nSPS) is 11.0. The van der Waals surface area contributed by atoms with Gasteiger partial charge in [0.15, 0.2) is 0 Å².